The van der Waals surface area contributed by atoms with E-state index in [-0.39, 0.29) is 29.6 Å². The van der Waals surface area contributed by atoms with Gasteiger partial charge >= 0.3 is 0 Å². The van der Waals surface area contributed by atoms with Crippen LogP contribution < -0.4 is 10.6 Å². The molecule has 0 atom stereocenters. The summed E-state index contributed by atoms with van der Waals surface area (Å²) in [4.78, 5) is 4.34. The van der Waals surface area contributed by atoms with Crippen LogP contribution in [0.4, 0.5) is 0 Å². The molecule has 1 saturated heterocycles. The molecule has 22 heavy (non-hydrogen) atoms. The van der Waals surface area contributed by atoms with Gasteiger partial charge in [0, 0.05) is 53.3 Å². The zero-order valence-corrected chi connectivity index (χ0v) is 16.6. The van der Waals surface area contributed by atoms with Crippen LogP contribution in [0.15, 0.2) is 4.99 Å². The summed E-state index contributed by atoms with van der Waals surface area (Å²) in [5.41, 5.74) is 0.379. The summed E-state index contributed by atoms with van der Waals surface area (Å²) in [7, 11) is 3.63. The summed E-state index contributed by atoms with van der Waals surface area (Å²) in [5, 5.41) is 6.93. The third kappa shape index (κ3) is 4.96. The van der Waals surface area contributed by atoms with Crippen LogP contribution in [0, 0.1) is 5.41 Å². The van der Waals surface area contributed by atoms with E-state index in [9.17, 15) is 0 Å². The molecule has 1 aliphatic carbocycles. The summed E-state index contributed by atoms with van der Waals surface area (Å²) in [5.74, 6) is 0.887. The fraction of sp³-hybridized carbons (Fsp3) is 0.938. The van der Waals surface area contributed by atoms with Gasteiger partial charge in [-0.2, -0.15) is 0 Å². The Hall–Kier alpha value is -0.0800. The predicted molar refractivity (Wildman–Crippen MR) is 101 cm³/mol. The van der Waals surface area contributed by atoms with Gasteiger partial charge in [0.25, 0.3) is 0 Å². The first-order valence-electron chi connectivity index (χ1n) is 8.25. The maximum Gasteiger partial charge on any atom is 0.191 e. The van der Waals surface area contributed by atoms with Crippen LogP contribution >= 0.6 is 24.0 Å². The summed E-state index contributed by atoms with van der Waals surface area (Å²) in [6.07, 6.45) is 7.17. The van der Waals surface area contributed by atoms with Crippen molar-refractivity contribution in [3.8, 4) is 0 Å². The highest BCUT2D eigenvalue weighted by Gasteiger charge is 2.35. The molecule has 0 unspecified atom stereocenters. The molecule has 6 heteroatoms. The van der Waals surface area contributed by atoms with Crippen molar-refractivity contribution in [3.05, 3.63) is 0 Å². The van der Waals surface area contributed by atoms with Crippen molar-refractivity contribution in [1.82, 2.24) is 10.6 Å². The molecule has 130 valence electrons. The molecule has 0 bridgehead atoms. The largest absolute Gasteiger partial charge is 0.381 e. The minimum Gasteiger partial charge on any atom is -0.381 e. The number of ether oxygens (including phenoxy) is 2. The molecule has 1 aliphatic heterocycles. The Bertz CT molecular complexity index is 348. The molecule has 0 aromatic heterocycles. The second kappa shape index (κ2) is 9.27. The van der Waals surface area contributed by atoms with Crippen LogP contribution in [0.2, 0.25) is 0 Å². The molecular weight excluding hydrogens is 393 g/mol. The van der Waals surface area contributed by atoms with Crippen molar-refractivity contribution in [2.45, 2.75) is 51.0 Å². The van der Waals surface area contributed by atoms with Crippen molar-refractivity contribution in [1.29, 1.82) is 0 Å². The van der Waals surface area contributed by atoms with Gasteiger partial charge in [-0.15, -0.1) is 24.0 Å². The number of nitrogens with zero attached hydrogens (tertiary/aromatic N) is 1. The highest BCUT2D eigenvalue weighted by atomic mass is 127. The van der Waals surface area contributed by atoms with Gasteiger partial charge in [0.2, 0.25) is 0 Å². The topological polar surface area (TPSA) is 54.9 Å². The Balaban J connectivity index is 0.00000242. The van der Waals surface area contributed by atoms with E-state index in [4.69, 9.17) is 9.47 Å². The van der Waals surface area contributed by atoms with Crippen molar-refractivity contribution >= 4 is 29.9 Å². The first kappa shape index (κ1) is 20.0. The van der Waals surface area contributed by atoms with Crippen LogP contribution in [0.5, 0.6) is 0 Å². The molecule has 2 N–H and O–H groups in total. The Labute approximate surface area is 152 Å². The summed E-state index contributed by atoms with van der Waals surface area (Å²) in [6, 6.07) is 0. The van der Waals surface area contributed by atoms with Gasteiger partial charge in [-0.05, 0) is 24.7 Å². The van der Waals surface area contributed by atoms with Crippen LogP contribution in [0.1, 0.15) is 45.4 Å². The van der Waals surface area contributed by atoms with Gasteiger partial charge in [-0.1, -0.05) is 13.3 Å². The number of rotatable bonds is 6. The number of hydrogen-bond donors (Lipinski definition) is 2. The van der Waals surface area contributed by atoms with E-state index in [1.54, 1.807) is 7.11 Å². The number of methoxy groups -OCH3 is 1. The minimum absolute atomic E-state index is 0. The SMILES string of the molecule is CCC1(CNC(=NC)NCC2(OC)CCOCC2)CCC1.I. The molecule has 0 aromatic rings. The molecular formula is C16H32IN3O2. The fourth-order valence-corrected chi connectivity index (χ4v) is 3.27. The lowest BCUT2D eigenvalue weighted by atomic mass is 9.67. The summed E-state index contributed by atoms with van der Waals surface area (Å²) < 4.78 is 11.2. The minimum atomic E-state index is -0.116. The highest BCUT2D eigenvalue weighted by molar-refractivity contribution is 14.0. The molecule has 1 heterocycles. The van der Waals surface area contributed by atoms with E-state index in [1.807, 2.05) is 7.05 Å². The lowest BCUT2D eigenvalue weighted by Crippen LogP contribution is -2.52. The first-order chi connectivity index (χ1) is 10.2. The van der Waals surface area contributed by atoms with Gasteiger partial charge < -0.3 is 20.1 Å². The van der Waals surface area contributed by atoms with Crippen LogP contribution in [-0.2, 0) is 9.47 Å². The Morgan fingerprint density at radius 2 is 1.77 bits per heavy atom. The third-order valence-corrected chi connectivity index (χ3v) is 5.43. The number of aliphatic imine (C=N–C) groups is 1. The lowest BCUT2D eigenvalue weighted by molar-refractivity contribution is -0.0855. The Morgan fingerprint density at radius 3 is 2.23 bits per heavy atom. The van der Waals surface area contributed by atoms with Gasteiger partial charge in [-0.25, -0.2) is 0 Å². The fourth-order valence-electron chi connectivity index (χ4n) is 3.27. The Morgan fingerprint density at radius 1 is 1.14 bits per heavy atom. The maximum atomic E-state index is 5.75. The molecule has 0 radical (unpaired) electrons. The molecule has 5 nitrogen and oxygen atoms in total. The first-order valence-corrected chi connectivity index (χ1v) is 8.25. The number of guanidine groups is 1. The lowest BCUT2D eigenvalue weighted by Gasteiger charge is -2.42. The van der Waals surface area contributed by atoms with Crippen molar-refractivity contribution < 1.29 is 9.47 Å². The van der Waals surface area contributed by atoms with Crippen LogP contribution in [-0.4, -0.2) is 52.0 Å². The van der Waals surface area contributed by atoms with Gasteiger partial charge in [0.1, 0.15) is 0 Å². The number of nitrogens with one attached hydrogen (secondary N) is 2. The average molecular weight is 425 g/mol. The summed E-state index contributed by atoms with van der Waals surface area (Å²) in [6.45, 7) is 5.65. The van der Waals surface area contributed by atoms with E-state index >= 15 is 0 Å². The monoisotopic (exact) mass is 425 g/mol. The number of halogens is 1. The van der Waals surface area contributed by atoms with Crippen molar-refractivity contribution in [2.75, 3.05) is 40.5 Å². The molecule has 0 amide bonds. The standard InChI is InChI=1S/C16H31N3O2.HI/c1-4-15(6-5-7-15)12-18-14(17-2)19-13-16(20-3)8-10-21-11-9-16;/h4-13H2,1-3H3,(H2,17,18,19);1H. The maximum absolute atomic E-state index is 5.75. The predicted octanol–water partition coefficient (Wildman–Crippen LogP) is 2.55. The number of hydrogen-bond acceptors (Lipinski definition) is 3. The quantitative estimate of drug-likeness (QED) is 0.390. The normalized spacial score (nSPS) is 23.1. The van der Waals surface area contributed by atoms with E-state index in [2.05, 4.69) is 22.5 Å². The second-order valence-corrected chi connectivity index (χ2v) is 6.49. The van der Waals surface area contributed by atoms with E-state index in [1.165, 1.54) is 25.7 Å². The van der Waals surface area contributed by atoms with E-state index < -0.39 is 0 Å². The van der Waals surface area contributed by atoms with Gasteiger partial charge in [0.15, 0.2) is 5.96 Å². The van der Waals surface area contributed by atoms with E-state index in [0.29, 0.717) is 5.41 Å². The molecule has 0 aromatic carbocycles. The average Bonchev–Trinajstić information content (AvgIpc) is 2.50. The molecule has 2 rings (SSSR count). The molecule has 2 fully saturated rings. The zero-order valence-electron chi connectivity index (χ0n) is 14.2. The Kier molecular flexibility index (Phi) is 8.42. The third-order valence-electron chi connectivity index (χ3n) is 5.43. The molecule has 0 spiro atoms. The van der Waals surface area contributed by atoms with Crippen molar-refractivity contribution in [3.63, 3.8) is 0 Å². The highest BCUT2D eigenvalue weighted by Crippen LogP contribution is 2.42. The van der Waals surface area contributed by atoms with Crippen LogP contribution in [0.3, 0.4) is 0 Å². The van der Waals surface area contributed by atoms with Crippen LogP contribution in [0.25, 0.3) is 0 Å². The smallest absolute Gasteiger partial charge is 0.191 e. The van der Waals surface area contributed by atoms with Gasteiger partial charge in [-0.3, -0.25) is 4.99 Å². The second-order valence-electron chi connectivity index (χ2n) is 6.49. The van der Waals surface area contributed by atoms with Gasteiger partial charge in [0.05, 0.1) is 5.60 Å². The van der Waals surface area contributed by atoms with E-state index in [0.717, 1.165) is 45.1 Å². The summed E-state index contributed by atoms with van der Waals surface area (Å²) >= 11 is 0. The molecule has 2 aliphatic rings. The molecule has 1 saturated carbocycles. The van der Waals surface area contributed by atoms with Crippen molar-refractivity contribution in [2.24, 2.45) is 10.4 Å². The zero-order chi connectivity index (χ0) is 15.2.